The van der Waals surface area contributed by atoms with E-state index in [1.54, 1.807) is 0 Å². The summed E-state index contributed by atoms with van der Waals surface area (Å²) in [5.74, 6) is -0.713. The van der Waals surface area contributed by atoms with Crippen LogP contribution < -0.4 is 10.0 Å². The number of thiophene rings is 1. The lowest BCUT2D eigenvalue weighted by Crippen LogP contribution is -2.23. The molecule has 1 aromatic carbocycles. The lowest BCUT2D eigenvalue weighted by atomic mass is 10.2. The van der Waals surface area contributed by atoms with Crippen molar-refractivity contribution < 1.29 is 17.6 Å². The van der Waals surface area contributed by atoms with E-state index in [0.29, 0.717) is 10.4 Å². The molecule has 8 heteroatoms. The number of benzene rings is 1. The molecular formula is C13H13FN2O3S2. The molecule has 2 aromatic rings. The minimum absolute atomic E-state index is 0.0354. The minimum Gasteiger partial charge on any atom is -0.354 e. The number of hydrogen-bond donors (Lipinski definition) is 2. The monoisotopic (exact) mass is 328 g/mol. The van der Waals surface area contributed by atoms with Gasteiger partial charge in [-0.05, 0) is 23.8 Å². The third kappa shape index (κ3) is 3.87. The Bertz CT molecular complexity index is 739. The summed E-state index contributed by atoms with van der Waals surface area (Å²) in [5.41, 5.74) is 0.640. The van der Waals surface area contributed by atoms with Gasteiger partial charge in [0.2, 0.25) is 10.0 Å². The van der Waals surface area contributed by atoms with E-state index in [4.69, 9.17) is 0 Å². The van der Waals surface area contributed by atoms with Crippen molar-refractivity contribution in [1.29, 1.82) is 0 Å². The summed E-state index contributed by atoms with van der Waals surface area (Å²) in [4.78, 5) is 11.8. The van der Waals surface area contributed by atoms with Crippen molar-refractivity contribution in [3.8, 4) is 0 Å². The molecule has 21 heavy (non-hydrogen) atoms. The molecule has 1 aromatic heterocycles. The summed E-state index contributed by atoms with van der Waals surface area (Å²) >= 11 is 1.05. The molecule has 2 N–H and O–H groups in total. The Morgan fingerprint density at radius 2 is 1.95 bits per heavy atom. The highest BCUT2D eigenvalue weighted by Crippen LogP contribution is 2.19. The summed E-state index contributed by atoms with van der Waals surface area (Å²) in [7, 11) is -2.23. The Morgan fingerprint density at radius 3 is 2.57 bits per heavy atom. The van der Waals surface area contributed by atoms with E-state index < -0.39 is 10.0 Å². The zero-order valence-electron chi connectivity index (χ0n) is 11.1. The first-order valence-corrected chi connectivity index (χ1v) is 8.33. The second-order valence-electron chi connectivity index (χ2n) is 4.18. The highest BCUT2D eigenvalue weighted by atomic mass is 32.2. The lowest BCUT2D eigenvalue weighted by Gasteiger charge is -2.05. The molecule has 0 aliphatic carbocycles. The van der Waals surface area contributed by atoms with E-state index in [2.05, 4.69) is 10.0 Å². The smallest absolute Gasteiger partial charge is 0.261 e. The zero-order chi connectivity index (χ0) is 15.5. The molecule has 0 saturated heterocycles. The maximum atomic E-state index is 12.8. The number of nitrogens with one attached hydrogen (secondary N) is 2. The first kappa shape index (κ1) is 15.6. The third-order valence-corrected chi connectivity index (χ3v) is 5.17. The van der Waals surface area contributed by atoms with Crippen molar-refractivity contribution >= 4 is 27.3 Å². The quantitative estimate of drug-likeness (QED) is 0.877. The summed E-state index contributed by atoms with van der Waals surface area (Å²) in [6.07, 6.45) is 0. The molecule has 0 radical (unpaired) electrons. The van der Waals surface area contributed by atoms with Crippen molar-refractivity contribution in [3.63, 3.8) is 0 Å². The zero-order valence-corrected chi connectivity index (χ0v) is 12.7. The number of rotatable bonds is 5. The summed E-state index contributed by atoms with van der Waals surface area (Å²) in [6, 6.07) is 6.84. The van der Waals surface area contributed by atoms with Crippen LogP contribution in [0.1, 0.15) is 15.2 Å². The van der Waals surface area contributed by atoms with Gasteiger partial charge in [0.05, 0.1) is 9.77 Å². The molecule has 0 aliphatic rings. The van der Waals surface area contributed by atoms with Crippen molar-refractivity contribution in [3.05, 3.63) is 52.0 Å². The Morgan fingerprint density at radius 1 is 1.29 bits per heavy atom. The molecule has 0 saturated carbocycles. The van der Waals surface area contributed by atoms with Gasteiger partial charge < -0.3 is 5.32 Å². The largest absolute Gasteiger partial charge is 0.354 e. The van der Waals surface area contributed by atoms with Crippen molar-refractivity contribution in [2.24, 2.45) is 0 Å². The van der Waals surface area contributed by atoms with Crippen molar-refractivity contribution in [2.45, 2.75) is 11.4 Å². The predicted octanol–water partition coefficient (Wildman–Crippen LogP) is 1.73. The summed E-state index contributed by atoms with van der Waals surface area (Å²) < 4.78 is 39.3. The van der Waals surface area contributed by atoms with Crippen molar-refractivity contribution in [1.82, 2.24) is 10.0 Å². The Kier molecular flexibility index (Phi) is 4.71. The van der Waals surface area contributed by atoms with Gasteiger partial charge in [0.1, 0.15) is 5.82 Å². The van der Waals surface area contributed by atoms with Crippen LogP contribution in [0, 0.1) is 5.82 Å². The van der Waals surface area contributed by atoms with E-state index in [0.717, 1.165) is 11.3 Å². The van der Waals surface area contributed by atoms with Gasteiger partial charge in [-0.3, -0.25) is 4.79 Å². The summed E-state index contributed by atoms with van der Waals surface area (Å²) in [6.45, 7) is 0.0494. The SMILES string of the molecule is CNC(=O)c1cc(S(=O)(=O)NCc2ccc(F)cc2)cs1. The second kappa shape index (κ2) is 6.33. The number of carbonyl (C=O) groups excluding carboxylic acids is 1. The molecule has 0 bridgehead atoms. The predicted molar refractivity (Wildman–Crippen MR) is 78.1 cm³/mol. The highest BCUT2D eigenvalue weighted by molar-refractivity contribution is 7.89. The van der Waals surface area contributed by atoms with Crippen LogP contribution in [0.3, 0.4) is 0 Å². The molecule has 5 nitrogen and oxygen atoms in total. The maximum Gasteiger partial charge on any atom is 0.261 e. The molecular weight excluding hydrogens is 315 g/mol. The van der Waals surface area contributed by atoms with Crippen LogP contribution in [-0.2, 0) is 16.6 Å². The molecule has 0 atom stereocenters. The van der Waals surface area contributed by atoms with E-state index in [9.17, 15) is 17.6 Å². The maximum absolute atomic E-state index is 12.8. The fraction of sp³-hybridized carbons (Fsp3) is 0.154. The molecule has 1 amide bonds. The van der Waals surface area contributed by atoms with Crippen LogP contribution in [-0.4, -0.2) is 21.4 Å². The lowest BCUT2D eigenvalue weighted by molar-refractivity contribution is 0.0967. The average molecular weight is 328 g/mol. The van der Waals surface area contributed by atoms with Crippen LogP contribution in [0.25, 0.3) is 0 Å². The number of hydrogen-bond acceptors (Lipinski definition) is 4. The van der Waals surface area contributed by atoms with Crippen LogP contribution in [0.5, 0.6) is 0 Å². The van der Waals surface area contributed by atoms with E-state index in [1.165, 1.54) is 42.8 Å². The van der Waals surface area contributed by atoms with E-state index >= 15 is 0 Å². The number of sulfonamides is 1. The molecule has 0 unspecified atom stereocenters. The molecule has 112 valence electrons. The van der Waals surface area contributed by atoms with E-state index in [1.807, 2.05) is 0 Å². The van der Waals surface area contributed by atoms with Gasteiger partial charge in [0, 0.05) is 19.0 Å². The number of carbonyl (C=O) groups is 1. The molecule has 1 heterocycles. The standard InChI is InChI=1S/C13H13FN2O3S2/c1-15-13(17)12-6-11(8-20-12)21(18,19)16-7-9-2-4-10(14)5-3-9/h2-6,8,16H,7H2,1H3,(H,15,17). The number of halogens is 1. The van der Waals surface area contributed by atoms with Gasteiger partial charge in [-0.2, -0.15) is 0 Å². The Balaban J connectivity index is 2.09. The average Bonchev–Trinajstić information content (AvgIpc) is 2.96. The molecule has 0 fully saturated rings. The topological polar surface area (TPSA) is 75.3 Å². The fourth-order valence-corrected chi connectivity index (χ4v) is 3.80. The molecule has 0 aliphatic heterocycles. The van der Waals surface area contributed by atoms with Gasteiger partial charge >= 0.3 is 0 Å². The van der Waals surface area contributed by atoms with Crippen LogP contribution in [0.2, 0.25) is 0 Å². The van der Waals surface area contributed by atoms with Crippen LogP contribution in [0.15, 0.2) is 40.6 Å². The van der Waals surface area contributed by atoms with E-state index in [-0.39, 0.29) is 23.2 Å². The number of amides is 1. The summed E-state index contributed by atoms with van der Waals surface area (Å²) in [5, 5.41) is 3.83. The first-order chi connectivity index (χ1) is 9.92. The third-order valence-electron chi connectivity index (χ3n) is 2.72. The normalized spacial score (nSPS) is 11.3. The Hall–Kier alpha value is -1.77. The van der Waals surface area contributed by atoms with Crippen LogP contribution >= 0.6 is 11.3 Å². The van der Waals surface area contributed by atoms with Gasteiger partial charge in [0.15, 0.2) is 0 Å². The van der Waals surface area contributed by atoms with Crippen LogP contribution in [0.4, 0.5) is 4.39 Å². The molecule has 2 rings (SSSR count). The van der Waals surface area contributed by atoms with Gasteiger partial charge in [-0.15, -0.1) is 11.3 Å². The van der Waals surface area contributed by atoms with Gasteiger partial charge in [-0.25, -0.2) is 17.5 Å². The van der Waals surface area contributed by atoms with Gasteiger partial charge in [0.25, 0.3) is 5.91 Å². The first-order valence-electron chi connectivity index (χ1n) is 5.97. The van der Waals surface area contributed by atoms with Gasteiger partial charge in [-0.1, -0.05) is 12.1 Å². The van der Waals surface area contributed by atoms with Crippen molar-refractivity contribution in [2.75, 3.05) is 7.05 Å². The minimum atomic E-state index is -3.70. The highest BCUT2D eigenvalue weighted by Gasteiger charge is 2.18. The second-order valence-corrected chi connectivity index (χ2v) is 6.85. The molecule has 0 spiro atoms. The Labute approximate surface area is 125 Å². The fourth-order valence-electron chi connectivity index (χ4n) is 1.57.